The second kappa shape index (κ2) is 2.69. The van der Waals surface area contributed by atoms with E-state index < -0.39 is 0 Å². The largest absolute Gasteiger partial charge is 0.425 e. The Bertz CT molecular complexity index is 514. The van der Waals surface area contributed by atoms with Gasteiger partial charge in [-0.15, -0.1) is 4.57 Å². The van der Waals surface area contributed by atoms with Crippen LogP contribution in [0.3, 0.4) is 0 Å². The van der Waals surface area contributed by atoms with E-state index in [4.69, 9.17) is 4.42 Å². The fraction of sp³-hybridized carbons (Fsp3) is 0.200. The maximum atomic E-state index is 11.7. The third-order valence-corrected chi connectivity index (χ3v) is 2.15. The van der Waals surface area contributed by atoms with Crippen LogP contribution in [0.25, 0.3) is 11.0 Å². The highest BCUT2D eigenvalue weighted by atomic mass is 16.3. The third kappa shape index (κ3) is 1.13. The molecule has 0 bridgehead atoms. The monoisotopic (exact) mass is 176 g/mol. The summed E-state index contributed by atoms with van der Waals surface area (Å²) in [4.78, 5) is 11.7. The minimum Gasteiger partial charge on any atom is -0.408 e. The highest BCUT2D eigenvalue weighted by Crippen LogP contribution is 2.07. The van der Waals surface area contributed by atoms with Crippen LogP contribution < -0.4 is 10.1 Å². The van der Waals surface area contributed by atoms with Crippen molar-refractivity contribution in [3.05, 3.63) is 40.5 Å². The zero-order valence-electron chi connectivity index (χ0n) is 7.57. The van der Waals surface area contributed by atoms with Crippen molar-refractivity contribution in [2.24, 2.45) is 7.05 Å². The molecule has 0 N–H and O–H groups in total. The van der Waals surface area contributed by atoms with Gasteiger partial charge in [0.25, 0.3) is 0 Å². The number of para-hydroxylation sites is 1. The minimum absolute atomic E-state index is 0.0145. The van der Waals surface area contributed by atoms with Crippen LogP contribution in [0, 0.1) is 6.92 Å². The van der Waals surface area contributed by atoms with Crippen LogP contribution in [0.2, 0.25) is 0 Å². The van der Waals surface area contributed by atoms with Gasteiger partial charge in [0.05, 0.1) is 6.92 Å². The maximum Gasteiger partial charge on any atom is 0.425 e. The number of hydrogen-bond acceptors (Lipinski definition) is 2. The summed E-state index contributed by atoms with van der Waals surface area (Å²) >= 11 is 0. The molecule has 2 aromatic rings. The van der Waals surface area contributed by atoms with Crippen LogP contribution >= 0.6 is 0 Å². The molecule has 0 aliphatic carbocycles. The highest BCUT2D eigenvalue weighted by Gasteiger charge is 2.12. The first kappa shape index (κ1) is 7.98. The van der Waals surface area contributed by atoms with Crippen molar-refractivity contribution in [2.45, 2.75) is 6.92 Å². The summed E-state index contributed by atoms with van der Waals surface area (Å²) in [6, 6.07) is 7.24. The smallest absolute Gasteiger partial charge is 0.408 e. The van der Waals surface area contributed by atoms with E-state index >= 15 is 0 Å². The van der Waals surface area contributed by atoms with E-state index in [0.29, 0.717) is 16.9 Å². The van der Waals surface area contributed by atoms with Gasteiger partial charge in [-0.05, 0) is 12.1 Å². The molecule has 66 valence electrons. The first-order valence-electron chi connectivity index (χ1n) is 4.08. The third-order valence-electron chi connectivity index (χ3n) is 2.15. The summed E-state index contributed by atoms with van der Waals surface area (Å²) < 4.78 is 6.94. The number of rotatable bonds is 0. The molecule has 1 heterocycles. The first-order valence-corrected chi connectivity index (χ1v) is 4.08. The average Bonchev–Trinajstić information content (AvgIpc) is 2.15. The molecule has 0 saturated heterocycles. The summed E-state index contributed by atoms with van der Waals surface area (Å²) in [6.45, 7) is 1.77. The molecule has 0 saturated carbocycles. The Labute approximate surface area is 75.2 Å². The average molecular weight is 176 g/mol. The Morgan fingerprint density at radius 2 is 2.00 bits per heavy atom. The van der Waals surface area contributed by atoms with Gasteiger partial charge in [-0.2, -0.15) is 0 Å². The second-order valence-electron chi connectivity index (χ2n) is 2.98. The number of aromatic nitrogens is 1. The van der Waals surface area contributed by atoms with Crippen LogP contribution in [-0.4, -0.2) is 0 Å². The Balaban J connectivity index is 3.03. The van der Waals surface area contributed by atoms with Crippen LogP contribution in [0.4, 0.5) is 0 Å². The van der Waals surface area contributed by atoms with Gasteiger partial charge in [-0.25, -0.2) is 4.79 Å². The molecule has 0 aliphatic heterocycles. The normalized spacial score (nSPS) is 10.6. The minimum atomic E-state index is -0.0145. The Morgan fingerprint density at radius 1 is 1.31 bits per heavy atom. The second-order valence-corrected chi connectivity index (χ2v) is 2.98. The van der Waals surface area contributed by atoms with Gasteiger partial charge in [-0.1, -0.05) is 12.1 Å². The van der Waals surface area contributed by atoms with Gasteiger partial charge in [0, 0.05) is 0 Å². The Morgan fingerprint density at radius 3 is 2.77 bits per heavy atom. The summed E-state index contributed by atoms with van der Waals surface area (Å²) in [6.07, 6.45) is 0. The molecule has 0 radical (unpaired) electrons. The molecule has 2 rings (SSSR count). The quantitative estimate of drug-likeness (QED) is 0.559. The molecule has 3 nitrogen and oxygen atoms in total. The Hall–Kier alpha value is -1.64. The predicted molar refractivity (Wildman–Crippen MR) is 48.4 cm³/mol. The molecule has 1 aromatic heterocycles. The molecular formula is C10H10NO2+. The van der Waals surface area contributed by atoms with Crippen LogP contribution in [0.15, 0.2) is 33.5 Å². The van der Waals surface area contributed by atoms with Crippen molar-refractivity contribution in [1.82, 2.24) is 0 Å². The lowest BCUT2D eigenvalue weighted by Gasteiger charge is -1.95. The standard InChI is InChI=1S/C10H10NO2/c1-7-11(2)10(12)8-5-3-4-6-9(8)13-7/h3-6H,1-2H3/q+1. The molecule has 0 atom stereocenters. The summed E-state index contributed by atoms with van der Waals surface area (Å²) in [5.74, 6) is 0.615. The van der Waals surface area contributed by atoms with Gasteiger partial charge < -0.3 is 4.42 Å². The van der Waals surface area contributed by atoms with Gasteiger partial charge >= 0.3 is 11.4 Å². The van der Waals surface area contributed by atoms with E-state index in [1.165, 1.54) is 4.57 Å². The van der Waals surface area contributed by atoms with E-state index in [0.717, 1.165) is 0 Å². The molecule has 0 unspecified atom stereocenters. The van der Waals surface area contributed by atoms with Crippen molar-refractivity contribution in [1.29, 1.82) is 0 Å². The summed E-state index contributed by atoms with van der Waals surface area (Å²) in [7, 11) is 1.70. The van der Waals surface area contributed by atoms with Gasteiger partial charge in [-0.3, -0.25) is 0 Å². The zero-order chi connectivity index (χ0) is 9.42. The van der Waals surface area contributed by atoms with Crippen LogP contribution in [-0.2, 0) is 7.05 Å². The fourth-order valence-electron chi connectivity index (χ4n) is 1.28. The molecule has 0 fully saturated rings. The topological polar surface area (TPSA) is 34.1 Å². The lowest BCUT2D eigenvalue weighted by Crippen LogP contribution is -2.48. The predicted octanol–water partition coefficient (Wildman–Crippen LogP) is 0.926. The van der Waals surface area contributed by atoms with E-state index in [2.05, 4.69) is 0 Å². The summed E-state index contributed by atoms with van der Waals surface area (Å²) in [5.41, 5.74) is 0.627. The molecule has 0 amide bonds. The summed E-state index contributed by atoms with van der Waals surface area (Å²) in [5, 5.41) is 0.621. The van der Waals surface area contributed by atoms with E-state index in [1.807, 2.05) is 12.1 Å². The van der Waals surface area contributed by atoms with Crippen molar-refractivity contribution in [3.8, 4) is 0 Å². The van der Waals surface area contributed by atoms with Crippen molar-refractivity contribution in [2.75, 3.05) is 0 Å². The first-order chi connectivity index (χ1) is 6.20. The van der Waals surface area contributed by atoms with E-state index in [-0.39, 0.29) is 5.56 Å². The van der Waals surface area contributed by atoms with Crippen molar-refractivity contribution >= 4 is 11.0 Å². The molecular weight excluding hydrogens is 166 g/mol. The fourth-order valence-corrected chi connectivity index (χ4v) is 1.28. The number of fused-ring (bicyclic) bond motifs is 1. The maximum absolute atomic E-state index is 11.7. The molecule has 3 heteroatoms. The molecule has 13 heavy (non-hydrogen) atoms. The lowest BCUT2D eigenvalue weighted by atomic mass is 10.2. The molecule has 1 aromatic carbocycles. The van der Waals surface area contributed by atoms with E-state index in [1.54, 1.807) is 26.1 Å². The SMILES string of the molecule is Cc1oc2ccccc2c(=O)[n+]1C. The molecule has 0 spiro atoms. The van der Waals surface area contributed by atoms with Gasteiger partial charge in [0.1, 0.15) is 12.4 Å². The highest BCUT2D eigenvalue weighted by molar-refractivity contribution is 5.74. The number of aryl methyl sites for hydroxylation is 1. The molecule has 0 aliphatic rings. The van der Waals surface area contributed by atoms with Crippen LogP contribution in [0.5, 0.6) is 0 Å². The lowest BCUT2D eigenvalue weighted by molar-refractivity contribution is -0.700. The van der Waals surface area contributed by atoms with Gasteiger partial charge in [0.15, 0.2) is 5.58 Å². The van der Waals surface area contributed by atoms with Crippen LogP contribution in [0.1, 0.15) is 5.89 Å². The number of benzene rings is 1. The van der Waals surface area contributed by atoms with Gasteiger partial charge in [0.2, 0.25) is 0 Å². The Kier molecular flexibility index (Phi) is 1.65. The van der Waals surface area contributed by atoms with Crippen molar-refractivity contribution in [3.63, 3.8) is 0 Å². The van der Waals surface area contributed by atoms with E-state index in [9.17, 15) is 4.79 Å². The number of hydrogen-bond donors (Lipinski definition) is 0. The number of nitrogens with zero attached hydrogens (tertiary/aromatic N) is 1. The van der Waals surface area contributed by atoms with Crippen molar-refractivity contribution < 1.29 is 8.98 Å². The zero-order valence-corrected chi connectivity index (χ0v) is 7.57.